The Labute approximate surface area is 230 Å². The average molecular weight is 552 g/mol. The van der Waals surface area contributed by atoms with Crippen LogP contribution in [0, 0.1) is 17.6 Å². The number of ether oxygens (including phenoxy) is 1. The van der Waals surface area contributed by atoms with Crippen molar-refractivity contribution in [1.82, 2.24) is 0 Å². The highest BCUT2D eigenvalue weighted by atomic mass is 19.1. The summed E-state index contributed by atoms with van der Waals surface area (Å²) in [7, 11) is 0. The van der Waals surface area contributed by atoms with Gasteiger partial charge in [0.15, 0.2) is 0 Å². The molecule has 0 radical (unpaired) electrons. The second kappa shape index (κ2) is 12.0. The second-order valence-electron chi connectivity index (χ2n) is 10.2. The van der Waals surface area contributed by atoms with Gasteiger partial charge in [0.05, 0.1) is 24.7 Å². The highest BCUT2D eigenvalue weighted by Crippen LogP contribution is 2.45. The first-order valence-corrected chi connectivity index (χ1v) is 13.2. The normalized spacial score (nSPS) is 28.6. The number of allylic oxidation sites excluding steroid dienone is 1. The Morgan fingerprint density at radius 1 is 0.800 bits per heavy atom. The Balaban J connectivity index is 1.34. The Morgan fingerprint density at radius 3 is 2.02 bits per heavy atom. The molecule has 3 aromatic rings. The van der Waals surface area contributed by atoms with Crippen molar-refractivity contribution in [3.8, 4) is 0 Å². The van der Waals surface area contributed by atoms with Gasteiger partial charge in [0, 0.05) is 12.1 Å². The maximum Gasteiger partial charge on any atom is 0.233 e. The molecule has 5 rings (SSSR count). The topological polar surface area (TPSA) is 110 Å². The van der Waals surface area contributed by atoms with Gasteiger partial charge in [-0.2, -0.15) is 0 Å². The molecule has 0 spiro atoms. The molecular weight excluding hydrogens is 520 g/mol. The van der Waals surface area contributed by atoms with Crippen LogP contribution >= 0.6 is 0 Å². The Morgan fingerprint density at radius 2 is 1.40 bits per heavy atom. The van der Waals surface area contributed by atoms with Gasteiger partial charge < -0.3 is 30.1 Å². The largest absolute Gasteiger partial charge is 0.394 e. The van der Waals surface area contributed by atoms with Gasteiger partial charge in [0.1, 0.15) is 36.1 Å². The number of hydrogen-bond acceptors (Lipinski definition) is 6. The van der Waals surface area contributed by atoms with Crippen LogP contribution in [0.15, 0.2) is 78.9 Å². The average Bonchev–Trinajstić information content (AvgIpc) is 2.96. The van der Waals surface area contributed by atoms with Crippen molar-refractivity contribution in [3.63, 3.8) is 0 Å². The molecule has 7 nitrogen and oxygen atoms in total. The molecule has 4 N–H and O–H groups in total. The molecule has 0 aliphatic carbocycles. The molecule has 2 aliphatic heterocycles. The molecule has 0 bridgehead atoms. The number of nitrogens with zero attached hydrogens (tertiary/aromatic N) is 1. The van der Waals surface area contributed by atoms with E-state index in [4.69, 9.17) is 4.74 Å². The minimum Gasteiger partial charge on any atom is -0.394 e. The first-order chi connectivity index (χ1) is 19.3. The van der Waals surface area contributed by atoms with E-state index in [0.717, 1.165) is 16.7 Å². The lowest BCUT2D eigenvalue weighted by Crippen LogP contribution is -2.59. The zero-order valence-electron chi connectivity index (χ0n) is 21.6. The Hall–Kier alpha value is -3.47. The van der Waals surface area contributed by atoms with Crippen LogP contribution < -0.4 is 4.90 Å². The van der Waals surface area contributed by atoms with Gasteiger partial charge in [-0.15, -0.1) is 0 Å². The lowest BCUT2D eigenvalue weighted by Gasteiger charge is -2.47. The number of amides is 1. The molecule has 0 saturated carbocycles. The van der Waals surface area contributed by atoms with E-state index in [1.165, 1.54) is 24.3 Å². The van der Waals surface area contributed by atoms with Gasteiger partial charge in [0.25, 0.3) is 0 Å². The molecule has 1 amide bonds. The molecule has 3 aromatic carbocycles. The van der Waals surface area contributed by atoms with E-state index in [1.807, 2.05) is 36.4 Å². The monoisotopic (exact) mass is 551 g/mol. The fourth-order valence-corrected chi connectivity index (χ4v) is 5.40. The van der Waals surface area contributed by atoms with Crippen LogP contribution in [0.25, 0.3) is 6.08 Å². The molecule has 7 atom stereocenters. The highest BCUT2D eigenvalue weighted by Gasteiger charge is 2.48. The van der Waals surface area contributed by atoms with E-state index in [9.17, 15) is 34.0 Å². The van der Waals surface area contributed by atoms with E-state index in [-0.39, 0.29) is 30.1 Å². The summed E-state index contributed by atoms with van der Waals surface area (Å²) in [6.07, 6.45) is -1.57. The molecule has 0 unspecified atom stereocenters. The van der Waals surface area contributed by atoms with Gasteiger partial charge in [-0.05, 0) is 59.5 Å². The number of carbonyl (C=O) groups is 1. The predicted octanol–water partition coefficient (Wildman–Crippen LogP) is 3.16. The fourth-order valence-electron chi connectivity index (χ4n) is 5.40. The van der Waals surface area contributed by atoms with Crippen molar-refractivity contribution < 1.29 is 38.7 Å². The van der Waals surface area contributed by atoms with E-state index in [1.54, 1.807) is 29.2 Å². The first-order valence-electron chi connectivity index (χ1n) is 13.2. The van der Waals surface area contributed by atoms with E-state index >= 15 is 0 Å². The van der Waals surface area contributed by atoms with E-state index in [2.05, 4.69) is 0 Å². The minimum absolute atomic E-state index is 0.0919. The van der Waals surface area contributed by atoms with Crippen molar-refractivity contribution >= 4 is 17.7 Å². The zero-order valence-corrected chi connectivity index (χ0v) is 21.6. The third-order valence-electron chi connectivity index (χ3n) is 7.64. The van der Waals surface area contributed by atoms with E-state index < -0.39 is 42.9 Å². The Bertz CT molecular complexity index is 1330. The molecule has 9 heteroatoms. The highest BCUT2D eigenvalue weighted by molar-refractivity contribution is 6.03. The quantitative estimate of drug-likeness (QED) is 0.320. The third kappa shape index (κ3) is 5.70. The molecule has 40 heavy (non-hydrogen) atoms. The van der Waals surface area contributed by atoms with Crippen molar-refractivity contribution in [2.75, 3.05) is 11.5 Å². The minimum atomic E-state index is -1.44. The van der Waals surface area contributed by atoms with Gasteiger partial charge in [-0.1, -0.05) is 48.6 Å². The molecule has 2 saturated heterocycles. The molecule has 2 heterocycles. The standard InChI is InChI=1S/C31H31F2NO6/c32-21-10-6-18(7-11-21)2-1-3-24-27(34(31(24)39)23-14-12-22(33)13-15-23)20-8-4-19(5-9-20)16-25-28(36)30(38)29(37)26(17-35)40-25/h1-2,4-15,24-30,35-38H,3,16-17H2/b2-1+/t24-,25+,26-,27-,28-,29-,30-/m1/s1. The fraction of sp³-hybridized carbons (Fsp3) is 0.323. The molecular formula is C31H31F2NO6. The van der Waals surface area contributed by atoms with Crippen molar-refractivity contribution in [2.45, 2.75) is 49.4 Å². The summed E-state index contributed by atoms with van der Waals surface area (Å²) < 4.78 is 32.4. The number of hydrogen-bond donors (Lipinski definition) is 4. The van der Waals surface area contributed by atoms with Crippen LogP contribution in [0.2, 0.25) is 0 Å². The third-order valence-corrected chi connectivity index (χ3v) is 7.64. The van der Waals surface area contributed by atoms with Crippen molar-refractivity contribution in [3.05, 3.63) is 107 Å². The number of rotatable bonds is 8. The lowest BCUT2D eigenvalue weighted by molar-refractivity contribution is -0.228. The molecule has 0 aromatic heterocycles. The van der Waals surface area contributed by atoms with Crippen LogP contribution in [-0.4, -0.2) is 63.5 Å². The van der Waals surface area contributed by atoms with Crippen LogP contribution in [0.4, 0.5) is 14.5 Å². The maximum atomic E-state index is 13.6. The van der Waals surface area contributed by atoms with Crippen LogP contribution in [0.3, 0.4) is 0 Å². The van der Waals surface area contributed by atoms with Crippen LogP contribution in [-0.2, 0) is 16.0 Å². The zero-order chi connectivity index (χ0) is 28.4. The summed E-state index contributed by atoms with van der Waals surface area (Å²) >= 11 is 0. The lowest BCUT2D eigenvalue weighted by atomic mass is 9.79. The Kier molecular flexibility index (Phi) is 8.39. The summed E-state index contributed by atoms with van der Waals surface area (Å²) in [4.78, 5) is 14.9. The number of β-lactam (4-membered cyclic amide) rings is 1. The van der Waals surface area contributed by atoms with Crippen LogP contribution in [0.1, 0.15) is 29.2 Å². The van der Waals surface area contributed by atoms with Crippen molar-refractivity contribution in [1.29, 1.82) is 0 Å². The summed E-state index contributed by atoms with van der Waals surface area (Å²) in [5, 5.41) is 39.9. The van der Waals surface area contributed by atoms with Gasteiger partial charge in [-0.25, -0.2) is 8.78 Å². The van der Waals surface area contributed by atoms with E-state index in [0.29, 0.717) is 12.1 Å². The SMILES string of the molecule is O=C1[C@H](C/C=C/c2ccc(F)cc2)[C@@H](c2ccc(C[C@@H]3O[C@H](CO)[C@@H](O)[C@H](O)[C@@H]3O)cc2)N1c1ccc(F)cc1. The number of halogens is 2. The predicted molar refractivity (Wildman–Crippen MR) is 144 cm³/mol. The maximum absolute atomic E-state index is 13.6. The van der Waals surface area contributed by atoms with Crippen LogP contribution in [0.5, 0.6) is 0 Å². The number of carbonyl (C=O) groups excluding carboxylic acids is 1. The van der Waals surface area contributed by atoms with Crippen molar-refractivity contribution in [2.24, 2.45) is 5.92 Å². The number of anilines is 1. The molecule has 2 aliphatic rings. The number of aliphatic hydroxyl groups excluding tert-OH is 4. The van der Waals surface area contributed by atoms with Gasteiger partial charge >= 0.3 is 0 Å². The molecule has 2 fully saturated rings. The second-order valence-corrected chi connectivity index (χ2v) is 10.2. The van der Waals surface area contributed by atoms with Gasteiger partial charge in [-0.3, -0.25) is 4.79 Å². The number of aliphatic hydroxyl groups is 4. The number of benzene rings is 3. The van der Waals surface area contributed by atoms with Gasteiger partial charge in [0.2, 0.25) is 5.91 Å². The smallest absolute Gasteiger partial charge is 0.233 e. The summed E-state index contributed by atoms with van der Waals surface area (Å²) in [5.41, 5.74) is 3.06. The summed E-state index contributed by atoms with van der Waals surface area (Å²) in [5.74, 6) is -1.18. The summed E-state index contributed by atoms with van der Waals surface area (Å²) in [6, 6.07) is 19.0. The summed E-state index contributed by atoms with van der Waals surface area (Å²) in [6.45, 7) is -0.494. The molecule has 210 valence electrons. The first kappa shape index (κ1) is 28.1.